The van der Waals surface area contributed by atoms with Crippen LogP contribution in [-0.4, -0.2) is 24.5 Å². The number of hydrogen-bond acceptors (Lipinski definition) is 3. The van der Waals surface area contributed by atoms with Gasteiger partial charge in [0.25, 0.3) is 11.8 Å². The number of hydrogen-bond donors (Lipinski definition) is 2. The molecule has 2 N–H and O–H groups in total. The third-order valence-electron chi connectivity index (χ3n) is 3.55. The summed E-state index contributed by atoms with van der Waals surface area (Å²) in [5, 5.41) is 5.58. The van der Waals surface area contributed by atoms with Gasteiger partial charge in [-0.2, -0.15) is 0 Å². The van der Waals surface area contributed by atoms with Crippen LogP contribution in [0.25, 0.3) is 0 Å². The highest BCUT2D eigenvalue weighted by molar-refractivity contribution is 5.96. The highest BCUT2D eigenvalue weighted by atomic mass is 16.5. The van der Waals surface area contributed by atoms with E-state index in [0.717, 1.165) is 11.1 Å². The predicted molar refractivity (Wildman–Crippen MR) is 99.1 cm³/mol. The minimum Gasteiger partial charge on any atom is -0.483 e. The van der Waals surface area contributed by atoms with Gasteiger partial charge in [0.15, 0.2) is 6.61 Å². The molecule has 0 aromatic heterocycles. The standard InChI is InChI=1S/C20H24N2O3/c1-13(2)21-20(24)16-7-9-17(10-8-16)22-19(23)12-25-18-11-14(3)5-6-15(18)4/h5-11,13H,12H2,1-4H3,(H,21,24)(H,22,23). The molecule has 0 aliphatic rings. The fraction of sp³-hybridized carbons (Fsp3) is 0.300. The van der Waals surface area contributed by atoms with E-state index >= 15 is 0 Å². The summed E-state index contributed by atoms with van der Waals surface area (Å²) in [6.45, 7) is 7.65. The molecule has 0 spiro atoms. The van der Waals surface area contributed by atoms with Gasteiger partial charge in [0.2, 0.25) is 0 Å². The first kappa shape index (κ1) is 18.5. The van der Waals surface area contributed by atoms with Gasteiger partial charge in [0.1, 0.15) is 5.75 Å². The average Bonchev–Trinajstić information content (AvgIpc) is 2.55. The molecule has 0 aliphatic carbocycles. The van der Waals surface area contributed by atoms with Crippen LogP contribution < -0.4 is 15.4 Å². The van der Waals surface area contributed by atoms with E-state index < -0.39 is 0 Å². The summed E-state index contributed by atoms with van der Waals surface area (Å²) in [6.07, 6.45) is 0. The normalized spacial score (nSPS) is 10.4. The molecule has 5 nitrogen and oxygen atoms in total. The fourth-order valence-corrected chi connectivity index (χ4v) is 2.25. The number of aryl methyl sites for hydroxylation is 2. The summed E-state index contributed by atoms with van der Waals surface area (Å²) in [4.78, 5) is 23.9. The number of carbonyl (C=O) groups excluding carboxylic acids is 2. The zero-order chi connectivity index (χ0) is 18.4. The van der Waals surface area contributed by atoms with E-state index in [2.05, 4.69) is 10.6 Å². The van der Waals surface area contributed by atoms with E-state index in [1.165, 1.54) is 0 Å². The highest BCUT2D eigenvalue weighted by Gasteiger charge is 2.09. The van der Waals surface area contributed by atoms with Gasteiger partial charge in [0.05, 0.1) is 0 Å². The Labute approximate surface area is 148 Å². The van der Waals surface area contributed by atoms with Crippen molar-refractivity contribution in [1.82, 2.24) is 5.32 Å². The summed E-state index contributed by atoms with van der Waals surface area (Å²) in [5.74, 6) is 0.322. The second-order valence-corrected chi connectivity index (χ2v) is 6.31. The quantitative estimate of drug-likeness (QED) is 0.846. The van der Waals surface area contributed by atoms with Crippen LogP contribution in [-0.2, 0) is 4.79 Å². The molecule has 0 unspecified atom stereocenters. The maximum absolute atomic E-state index is 12.0. The van der Waals surface area contributed by atoms with Crippen molar-refractivity contribution in [2.24, 2.45) is 0 Å². The van der Waals surface area contributed by atoms with Crippen LogP contribution in [0.15, 0.2) is 42.5 Å². The first-order valence-corrected chi connectivity index (χ1v) is 8.26. The minimum atomic E-state index is -0.250. The maximum atomic E-state index is 12.0. The third-order valence-corrected chi connectivity index (χ3v) is 3.55. The molecule has 0 radical (unpaired) electrons. The Morgan fingerprint density at radius 1 is 1.04 bits per heavy atom. The largest absolute Gasteiger partial charge is 0.483 e. The Kier molecular flexibility index (Phi) is 6.17. The lowest BCUT2D eigenvalue weighted by atomic mass is 10.1. The molecule has 0 atom stereocenters. The number of carbonyl (C=O) groups is 2. The van der Waals surface area contributed by atoms with Gasteiger partial charge in [-0.3, -0.25) is 9.59 Å². The molecule has 2 rings (SSSR count). The van der Waals surface area contributed by atoms with Crippen molar-refractivity contribution in [1.29, 1.82) is 0 Å². The van der Waals surface area contributed by atoms with Crippen LogP contribution in [0, 0.1) is 13.8 Å². The summed E-state index contributed by atoms with van der Waals surface area (Å²) in [7, 11) is 0. The molecular formula is C20H24N2O3. The molecule has 0 bridgehead atoms. The topological polar surface area (TPSA) is 67.4 Å². The molecule has 2 aromatic rings. The number of benzene rings is 2. The van der Waals surface area contributed by atoms with Crippen LogP contribution in [0.1, 0.15) is 35.3 Å². The number of nitrogens with one attached hydrogen (secondary N) is 2. The van der Waals surface area contributed by atoms with Gasteiger partial charge in [-0.15, -0.1) is 0 Å². The summed E-state index contributed by atoms with van der Waals surface area (Å²) < 4.78 is 5.58. The fourth-order valence-electron chi connectivity index (χ4n) is 2.25. The zero-order valence-corrected chi connectivity index (χ0v) is 15.1. The van der Waals surface area contributed by atoms with Crippen LogP contribution in [0.5, 0.6) is 5.75 Å². The van der Waals surface area contributed by atoms with E-state index in [-0.39, 0.29) is 24.5 Å². The predicted octanol–water partition coefficient (Wildman–Crippen LogP) is 3.46. The lowest BCUT2D eigenvalue weighted by Gasteiger charge is -2.11. The average molecular weight is 340 g/mol. The molecule has 5 heteroatoms. The third kappa shape index (κ3) is 5.64. The van der Waals surface area contributed by atoms with E-state index in [4.69, 9.17) is 4.74 Å². The van der Waals surface area contributed by atoms with Crippen molar-refractivity contribution < 1.29 is 14.3 Å². The molecule has 2 aromatic carbocycles. The lowest BCUT2D eigenvalue weighted by molar-refractivity contribution is -0.118. The number of rotatable bonds is 6. The number of ether oxygens (including phenoxy) is 1. The Hall–Kier alpha value is -2.82. The Balaban J connectivity index is 1.90. The number of amides is 2. The van der Waals surface area contributed by atoms with Crippen molar-refractivity contribution in [3.8, 4) is 5.75 Å². The van der Waals surface area contributed by atoms with Crippen LogP contribution in [0.4, 0.5) is 5.69 Å². The van der Waals surface area contributed by atoms with Crippen molar-refractivity contribution in [2.75, 3.05) is 11.9 Å². The van der Waals surface area contributed by atoms with Crippen molar-refractivity contribution >= 4 is 17.5 Å². The number of anilines is 1. The summed E-state index contributed by atoms with van der Waals surface area (Å²) >= 11 is 0. The van der Waals surface area contributed by atoms with E-state index in [0.29, 0.717) is 17.0 Å². The SMILES string of the molecule is Cc1ccc(C)c(OCC(=O)Nc2ccc(C(=O)NC(C)C)cc2)c1. The lowest BCUT2D eigenvalue weighted by Crippen LogP contribution is -2.30. The maximum Gasteiger partial charge on any atom is 0.262 e. The molecule has 132 valence electrons. The highest BCUT2D eigenvalue weighted by Crippen LogP contribution is 2.19. The van der Waals surface area contributed by atoms with Crippen LogP contribution >= 0.6 is 0 Å². The van der Waals surface area contributed by atoms with E-state index in [1.807, 2.05) is 45.9 Å². The van der Waals surface area contributed by atoms with Gasteiger partial charge in [-0.05, 0) is 69.2 Å². The van der Waals surface area contributed by atoms with Crippen molar-refractivity contribution in [3.63, 3.8) is 0 Å². The summed E-state index contributed by atoms with van der Waals surface area (Å²) in [5.41, 5.74) is 3.24. The minimum absolute atomic E-state index is 0.0696. The molecule has 2 amide bonds. The molecular weight excluding hydrogens is 316 g/mol. The molecule has 0 saturated carbocycles. The Morgan fingerprint density at radius 2 is 1.72 bits per heavy atom. The Bertz CT molecular complexity index is 752. The van der Waals surface area contributed by atoms with Crippen molar-refractivity contribution in [2.45, 2.75) is 33.7 Å². The van der Waals surface area contributed by atoms with Crippen molar-refractivity contribution in [3.05, 3.63) is 59.2 Å². The molecule has 25 heavy (non-hydrogen) atoms. The second-order valence-electron chi connectivity index (χ2n) is 6.31. The second kappa shape index (κ2) is 8.33. The van der Waals surface area contributed by atoms with Gasteiger partial charge >= 0.3 is 0 Å². The molecule has 0 aliphatic heterocycles. The Morgan fingerprint density at radius 3 is 2.36 bits per heavy atom. The molecule has 0 saturated heterocycles. The van der Waals surface area contributed by atoms with E-state index in [1.54, 1.807) is 24.3 Å². The van der Waals surface area contributed by atoms with Gasteiger partial charge in [-0.25, -0.2) is 0 Å². The van der Waals surface area contributed by atoms with E-state index in [9.17, 15) is 9.59 Å². The smallest absolute Gasteiger partial charge is 0.262 e. The first-order chi connectivity index (χ1) is 11.8. The van der Waals surface area contributed by atoms with Gasteiger partial charge < -0.3 is 15.4 Å². The first-order valence-electron chi connectivity index (χ1n) is 8.26. The molecule has 0 heterocycles. The monoisotopic (exact) mass is 340 g/mol. The van der Waals surface area contributed by atoms with Gasteiger partial charge in [0, 0.05) is 17.3 Å². The van der Waals surface area contributed by atoms with Crippen LogP contribution in [0.3, 0.4) is 0 Å². The molecule has 0 fully saturated rings. The van der Waals surface area contributed by atoms with Crippen LogP contribution in [0.2, 0.25) is 0 Å². The van der Waals surface area contributed by atoms with Gasteiger partial charge in [-0.1, -0.05) is 12.1 Å². The summed E-state index contributed by atoms with van der Waals surface area (Å²) in [6, 6.07) is 12.7. The zero-order valence-electron chi connectivity index (χ0n) is 15.1.